The number of benzene rings is 1. The summed E-state index contributed by atoms with van der Waals surface area (Å²) in [4.78, 5) is 0. The molecule has 3 heteroatoms. The van der Waals surface area contributed by atoms with Crippen LogP contribution in [0.4, 0.5) is 0 Å². The van der Waals surface area contributed by atoms with Crippen LogP contribution in [-0.4, -0.2) is 26.3 Å². The topological polar surface area (TPSA) is 30.5 Å². The van der Waals surface area contributed by atoms with Gasteiger partial charge in [-0.15, -0.1) is 0 Å². The first kappa shape index (κ1) is 13.8. The molecule has 0 aliphatic rings. The van der Waals surface area contributed by atoms with Gasteiger partial charge >= 0.3 is 0 Å². The fourth-order valence-corrected chi connectivity index (χ4v) is 1.66. The van der Waals surface area contributed by atoms with Crippen molar-refractivity contribution < 1.29 is 9.47 Å². The molecule has 0 heterocycles. The van der Waals surface area contributed by atoms with E-state index in [1.807, 2.05) is 24.3 Å². The summed E-state index contributed by atoms with van der Waals surface area (Å²) in [6.45, 7) is 6.31. The number of rotatable bonds is 8. The quantitative estimate of drug-likeness (QED) is 0.705. The van der Waals surface area contributed by atoms with E-state index in [1.54, 1.807) is 7.11 Å². The molecule has 0 saturated heterocycles. The van der Waals surface area contributed by atoms with Gasteiger partial charge in [0.25, 0.3) is 0 Å². The molecule has 17 heavy (non-hydrogen) atoms. The molecule has 1 aromatic carbocycles. The van der Waals surface area contributed by atoms with Gasteiger partial charge in [0.1, 0.15) is 11.5 Å². The molecule has 0 amide bonds. The minimum Gasteiger partial charge on any atom is -0.497 e. The lowest BCUT2D eigenvalue weighted by molar-refractivity contribution is 0.207. The van der Waals surface area contributed by atoms with E-state index >= 15 is 0 Å². The summed E-state index contributed by atoms with van der Waals surface area (Å²) in [5, 5.41) is 3.31. The second-order valence-electron chi connectivity index (χ2n) is 4.10. The van der Waals surface area contributed by atoms with Gasteiger partial charge in [-0.25, -0.2) is 0 Å². The second kappa shape index (κ2) is 7.96. The molecule has 1 aromatic rings. The van der Waals surface area contributed by atoms with E-state index in [2.05, 4.69) is 19.2 Å². The van der Waals surface area contributed by atoms with Crippen LogP contribution in [0.2, 0.25) is 0 Å². The monoisotopic (exact) mass is 237 g/mol. The highest BCUT2D eigenvalue weighted by Gasteiger charge is 2.04. The molecular weight excluding hydrogens is 214 g/mol. The minimum absolute atomic E-state index is 0.237. The van der Waals surface area contributed by atoms with Gasteiger partial charge in [-0.3, -0.25) is 0 Å². The molecule has 0 fully saturated rings. The Hall–Kier alpha value is -1.22. The Morgan fingerprint density at radius 1 is 1.29 bits per heavy atom. The number of hydrogen-bond donors (Lipinski definition) is 1. The van der Waals surface area contributed by atoms with Crippen LogP contribution < -0.4 is 14.8 Å². The van der Waals surface area contributed by atoms with E-state index in [0.717, 1.165) is 37.4 Å². The van der Waals surface area contributed by atoms with Crippen LogP contribution in [0.25, 0.3) is 0 Å². The van der Waals surface area contributed by atoms with E-state index in [-0.39, 0.29) is 6.10 Å². The van der Waals surface area contributed by atoms with Crippen LogP contribution in [0.5, 0.6) is 11.5 Å². The molecular formula is C14H23NO2. The van der Waals surface area contributed by atoms with Gasteiger partial charge in [-0.2, -0.15) is 0 Å². The van der Waals surface area contributed by atoms with Crippen molar-refractivity contribution >= 4 is 0 Å². The van der Waals surface area contributed by atoms with Crippen molar-refractivity contribution in [1.29, 1.82) is 0 Å². The van der Waals surface area contributed by atoms with Gasteiger partial charge in [0.2, 0.25) is 0 Å². The predicted octanol–water partition coefficient (Wildman–Crippen LogP) is 2.85. The first-order valence-corrected chi connectivity index (χ1v) is 6.27. The molecule has 1 unspecified atom stereocenters. The fraction of sp³-hybridized carbons (Fsp3) is 0.571. The SMILES string of the molecule is CCNCCCC(C)Oc1cccc(OC)c1. The zero-order chi connectivity index (χ0) is 12.5. The van der Waals surface area contributed by atoms with Crippen LogP contribution in [-0.2, 0) is 0 Å². The van der Waals surface area contributed by atoms with Gasteiger partial charge in [-0.1, -0.05) is 13.0 Å². The van der Waals surface area contributed by atoms with Crippen LogP contribution >= 0.6 is 0 Å². The predicted molar refractivity (Wildman–Crippen MR) is 70.9 cm³/mol. The Labute approximate surface area is 104 Å². The first-order valence-electron chi connectivity index (χ1n) is 6.27. The molecule has 1 rings (SSSR count). The van der Waals surface area contributed by atoms with Gasteiger partial charge < -0.3 is 14.8 Å². The molecule has 1 N–H and O–H groups in total. The van der Waals surface area contributed by atoms with Crippen LogP contribution in [0.3, 0.4) is 0 Å². The lowest BCUT2D eigenvalue weighted by atomic mass is 10.2. The zero-order valence-corrected chi connectivity index (χ0v) is 11.0. The van der Waals surface area contributed by atoms with E-state index in [1.165, 1.54) is 0 Å². The van der Waals surface area contributed by atoms with Crippen molar-refractivity contribution in [3.63, 3.8) is 0 Å². The average molecular weight is 237 g/mol. The molecule has 1 atom stereocenters. The molecule has 0 radical (unpaired) electrons. The van der Waals surface area contributed by atoms with Crippen LogP contribution in [0.15, 0.2) is 24.3 Å². The Bertz CT molecular complexity index is 315. The normalized spacial score (nSPS) is 12.2. The number of nitrogens with one attached hydrogen (secondary N) is 1. The lowest BCUT2D eigenvalue weighted by Gasteiger charge is -2.15. The molecule has 3 nitrogen and oxygen atoms in total. The number of methoxy groups -OCH3 is 1. The smallest absolute Gasteiger partial charge is 0.123 e. The highest BCUT2D eigenvalue weighted by atomic mass is 16.5. The molecule has 96 valence electrons. The maximum absolute atomic E-state index is 5.83. The Morgan fingerprint density at radius 3 is 2.76 bits per heavy atom. The first-order chi connectivity index (χ1) is 8.26. The van der Waals surface area contributed by atoms with Crippen molar-refractivity contribution in [2.24, 2.45) is 0 Å². The highest BCUT2D eigenvalue weighted by Crippen LogP contribution is 2.20. The molecule has 0 saturated carbocycles. The molecule has 0 bridgehead atoms. The maximum Gasteiger partial charge on any atom is 0.123 e. The van der Waals surface area contributed by atoms with Gasteiger partial charge in [-0.05, 0) is 45.0 Å². The van der Waals surface area contributed by atoms with Crippen LogP contribution in [0, 0.1) is 0 Å². The molecule has 0 aliphatic heterocycles. The number of hydrogen-bond acceptors (Lipinski definition) is 3. The lowest BCUT2D eigenvalue weighted by Crippen LogP contribution is -2.18. The summed E-state index contributed by atoms with van der Waals surface area (Å²) >= 11 is 0. The van der Waals surface area contributed by atoms with Gasteiger partial charge in [0.05, 0.1) is 13.2 Å². The fourth-order valence-electron chi connectivity index (χ4n) is 1.66. The third kappa shape index (κ3) is 5.59. The van der Waals surface area contributed by atoms with Crippen molar-refractivity contribution in [3.05, 3.63) is 24.3 Å². The Balaban J connectivity index is 2.31. The summed E-state index contributed by atoms with van der Waals surface area (Å²) in [7, 11) is 1.67. The largest absolute Gasteiger partial charge is 0.497 e. The van der Waals surface area contributed by atoms with E-state index in [0.29, 0.717) is 0 Å². The summed E-state index contributed by atoms with van der Waals surface area (Å²) in [6, 6.07) is 7.74. The Morgan fingerprint density at radius 2 is 2.06 bits per heavy atom. The highest BCUT2D eigenvalue weighted by molar-refractivity contribution is 5.32. The van der Waals surface area contributed by atoms with Crippen molar-refractivity contribution in [2.75, 3.05) is 20.2 Å². The third-order valence-electron chi connectivity index (χ3n) is 2.59. The average Bonchev–Trinajstić information content (AvgIpc) is 2.35. The third-order valence-corrected chi connectivity index (χ3v) is 2.59. The minimum atomic E-state index is 0.237. The van der Waals surface area contributed by atoms with Crippen molar-refractivity contribution in [2.45, 2.75) is 32.8 Å². The van der Waals surface area contributed by atoms with Crippen molar-refractivity contribution in [1.82, 2.24) is 5.32 Å². The molecule has 0 aliphatic carbocycles. The summed E-state index contributed by atoms with van der Waals surface area (Å²) in [5.74, 6) is 1.71. The van der Waals surface area contributed by atoms with Gasteiger partial charge in [0, 0.05) is 6.07 Å². The number of ether oxygens (including phenoxy) is 2. The summed E-state index contributed by atoms with van der Waals surface area (Å²) in [5.41, 5.74) is 0. The van der Waals surface area contributed by atoms with E-state index < -0.39 is 0 Å². The summed E-state index contributed by atoms with van der Waals surface area (Å²) in [6.07, 6.45) is 2.43. The van der Waals surface area contributed by atoms with Crippen LogP contribution in [0.1, 0.15) is 26.7 Å². The van der Waals surface area contributed by atoms with E-state index in [9.17, 15) is 0 Å². The zero-order valence-electron chi connectivity index (χ0n) is 11.0. The Kier molecular flexibility index (Phi) is 6.48. The maximum atomic E-state index is 5.83. The standard InChI is InChI=1S/C14H23NO2/c1-4-15-10-6-7-12(2)17-14-9-5-8-13(11-14)16-3/h5,8-9,11-12,15H,4,6-7,10H2,1-3H3. The van der Waals surface area contributed by atoms with Gasteiger partial charge in [0.15, 0.2) is 0 Å². The van der Waals surface area contributed by atoms with Crippen molar-refractivity contribution in [3.8, 4) is 11.5 Å². The molecule has 0 spiro atoms. The second-order valence-corrected chi connectivity index (χ2v) is 4.10. The summed E-state index contributed by atoms with van der Waals surface area (Å²) < 4.78 is 11.0. The molecule has 0 aromatic heterocycles. The van der Waals surface area contributed by atoms with E-state index in [4.69, 9.17) is 9.47 Å².